The molecule has 2 rings (SSSR count). The molecule has 0 aliphatic carbocycles. The molecule has 0 aromatic heterocycles. The Hall–Kier alpha value is -2.29. The first-order valence-electron chi connectivity index (χ1n) is 5.74. The molecule has 0 atom stereocenters. The number of aromatic hydroxyl groups is 1. The van der Waals surface area contributed by atoms with E-state index in [2.05, 4.69) is 5.32 Å². The van der Waals surface area contributed by atoms with Crippen LogP contribution in [0.2, 0.25) is 0 Å². The number of phenolic OH excluding ortho intramolecular Hbond substituents is 1. The number of phenols is 1. The molecule has 3 heteroatoms. The van der Waals surface area contributed by atoms with E-state index >= 15 is 0 Å². The van der Waals surface area contributed by atoms with Gasteiger partial charge in [0, 0.05) is 5.69 Å². The zero-order valence-corrected chi connectivity index (χ0v) is 10.4. The fourth-order valence-corrected chi connectivity index (χ4v) is 1.76. The van der Waals surface area contributed by atoms with Gasteiger partial charge >= 0.3 is 0 Å². The van der Waals surface area contributed by atoms with E-state index < -0.39 is 0 Å². The van der Waals surface area contributed by atoms with Crippen LogP contribution in [0.15, 0.2) is 42.5 Å². The second kappa shape index (κ2) is 4.92. The third-order valence-electron chi connectivity index (χ3n) is 2.76. The summed E-state index contributed by atoms with van der Waals surface area (Å²) in [5.74, 6) is -0.274. The molecule has 0 saturated carbocycles. The Balaban J connectivity index is 2.25. The van der Waals surface area contributed by atoms with Crippen LogP contribution in [0.1, 0.15) is 21.5 Å². The zero-order chi connectivity index (χ0) is 13.1. The van der Waals surface area contributed by atoms with Gasteiger partial charge in [0.05, 0.1) is 5.56 Å². The standard InChI is InChI=1S/C15H15NO2/c1-10-5-3-7-12(9-10)16-15(18)13-8-4-6-11(2)14(13)17/h3-9,17H,1-2H3,(H,16,18). The molecule has 0 aliphatic heterocycles. The molecule has 92 valence electrons. The van der Waals surface area contributed by atoms with Crippen LogP contribution in [0.4, 0.5) is 5.69 Å². The Labute approximate surface area is 106 Å². The number of para-hydroxylation sites is 1. The smallest absolute Gasteiger partial charge is 0.259 e. The molecule has 0 bridgehead atoms. The summed E-state index contributed by atoms with van der Waals surface area (Å²) >= 11 is 0. The van der Waals surface area contributed by atoms with Crippen molar-refractivity contribution < 1.29 is 9.90 Å². The Bertz CT molecular complexity index is 591. The SMILES string of the molecule is Cc1cccc(NC(=O)c2cccc(C)c2O)c1. The average Bonchev–Trinajstić information content (AvgIpc) is 2.32. The first-order valence-corrected chi connectivity index (χ1v) is 5.74. The van der Waals surface area contributed by atoms with Gasteiger partial charge in [-0.15, -0.1) is 0 Å². The lowest BCUT2D eigenvalue weighted by atomic mass is 10.1. The minimum absolute atomic E-state index is 0.0302. The number of carbonyl (C=O) groups is 1. The van der Waals surface area contributed by atoms with Crippen LogP contribution in [-0.4, -0.2) is 11.0 Å². The third-order valence-corrected chi connectivity index (χ3v) is 2.76. The fourth-order valence-electron chi connectivity index (χ4n) is 1.76. The van der Waals surface area contributed by atoms with Crippen molar-refractivity contribution in [1.82, 2.24) is 0 Å². The molecule has 2 N–H and O–H groups in total. The largest absolute Gasteiger partial charge is 0.507 e. The van der Waals surface area contributed by atoms with Gasteiger partial charge in [-0.2, -0.15) is 0 Å². The van der Waals surface area contributed by atoms with Gasteiger partial charge in [-0.3, -0.25) is 4.79 Å². The van der Waals surface area contributed by atoms with Gasteiger partial charge in [0.1, 0.15) is 5.75 Å². The number of aryl methyl sites for hydroxylation is 2. The number of carbonyl (C=O) groups excluding carboxylic acids is 1. The van der Waals surface area contributed by atoms with Gasteiger partial charge in [-0.25, -0.2) is 0 Å². The minimum atomic E-state index is -0.304. The number of rotatable bonds is 2. The molecular formula is C15H15NO2. The van der Waals surface area contributed by atoms with E-state index in [4.69, 9.17) is 0 Å². The second-order valence-corrected chi connectivity index (χ2v) is 4.29. The molecule has 0 spiro atoms. The first kappa shape index (κ1) is 12.2. The van der Waals surface area contributed by atoms with Crippen molar-refractivity contribution in [3.63, 3.8) is 0 Å². The maximum absolute atomic E-state index is 12.0. The molecule has 0 fully saturated rings. The van der Waals surface area contributed by atoms with E-state index in [-0.39, 0.29) is 17.2 Å². The summed E-state index contributed by atoms with van der Waals surface area (Å²) in [7, 11) is 0. The Morgan fingerprint density at radius 2 is 1.83 bits per heavy atom. The van der Waals surface area contributed by atoms with Crippen LogP contribution in [0.5, 0.6) is 5.75 Å². The van der Waals surface area contributed by atoms with Gasteiger partial charge < -0.3 is 10.4 Å². The summed E-state index contributed by atoms with van der Waals surface area (Å²) in [5, 5.41) is 12.6. The van der Waals surface area contributed by atoms with Gasteiger partial charge in [-0.1, -0.05) is 24.3 Å². The molecule has 2 aromatic rings. The molecule has 0 saturated heterocycles. The van der Waals surface area contributed by atoms with Gasteiger partial charge in [0.2, 0.25) is 0 Å². The van der Waals surface area contributed by atoms with Crippen LogP contribution in [0.3, 0.4) is 0 Å². The topological polar surface area (TPSA) is 49.3 Å². The number of nitrogens with one attached hydrogen (secondary N) is 1. The third kappa shape index (κ3) is 2.51. The fraction of sp³-hybridized carbons (Fsp3) is 0.133. The quantitative estimate of drug-likeness (QED) is 0.847. The van der Waals surface area contributed by atoms with Crippen molar-refractivity contribution in [3.8, 4) is 5.75 Å². The lowest BCUT2D eigenvalue weighted by molar-refractivity contribution is 0.102. The second-order valence-electron chi connectivity index (χ2n) is 4.29. The number of amides is 1. The van der Waals surface area contributed by atoms with Crippen LogP contribution in [-0.2, 0) is 0 Å². The number of benzene rings is 2. The van der Waals surface area contributed by atoms with E-state index in [1.54, 1.807) is 25.1 Å². The molecule has 0 aliphatic rings. The first-order chi connectivity index (χ1) is 8.58. The predicted molar refractivity (Wildman–Crippen MR) is 72.0 cm³/mol. The van der Waals surface area contributed by atoms with Crippen molar-refractivity contribution in [2.24, 2.45) is 0 Å². The highest BCUT2D eigenvalue weighted by Crippen LogP contribution is 2.22. The van der Waals surface area contributed by atoms with Crippen molar-refractivity contribution in [3.05, 3.63) is 59.2 Å². The highest BCUT2D eigenvalue weighted by molar-refractivity contribution is 6.06. The molecule has 3 nitrogen and oxygen atoms in total. The molecule has 0 heterocycles. The van der Waals surface area contributed by atoms with Crippen molar-refractivity contribution in [1.29, 1.82) is 0 Å². The highest BCUT2D eigenvalue weighted by Gasteiger charge is 2.12. The lowest BCUT2D eigenvalue weighted by Crippen LogP contribution is -2.12. The molecular weight excluding hydrogens is 226 g/mol. The van der Waals surface area contributed by atoms with Crippen LogP contribution in [0.25, 0.3) is 0 Å². The van der Waals surface area contributed by atoms with Gasteiger partial charge in [0.25, 0.3) is 5.91 Å². The summed E-state index contributed by atoms with van der Waals surface area (Å²) in [4.78, 5) is 12.0. The Morgan fingerprint density at radius 3 is 2.56 bits per heavy atom. The number of hydrogen-bond donors (Lipinski definition) is 2. The summed E-state index contributed by atoms with van der Waals surface area (Å²) in [6, 6.07) is 12.6. The van der Waals surface area contributed by atoms with Gasteiger partial charge in [0.15, 0.2) is 0 Å². The Morgan fingerprint density at radius 1 is 1.11 bits per heavy atom. The Kier molecular flexibility index (Phi) is 3.33. The van der Waals surface area contributed by atoms with Crippen molar-refractivity contribution in [2.75, 3.05) is 5.32 Å². The lowest BCUT2D eigenvalue weighted by Gasteiger charge is -2.08. The van der Waals surface area contributed by atoms with Crippen molar-refractivity contribution >= 4 is 11.6 Å². The highest BCUT2D eigenvalue weighted by atomic mass is 16.3. The summed E-state index contributed by atoms with van der Waals surface area (Å²) in [6.45, 7) is 3.72. The van der Waals surface area contributed by atoms with Crippen LogP contribution < -0.4 is 5.32 Å². The molecule has 0 radical (unpaired) electrons. The molecule has 2 aromatic carbocycles. The predicted octanol–water partition coefficient (Wildman–Crippen LogP) is 3.26. The van der Waals surface area contributed by atoms with Gasteiger partial charge in [-0.05, 0) is 43.2 Å². The minimum Gasteiger partial charge on any atom is -0.507 e. The van der Waals surface area contributed by atoms with E-state index in [0.29, 0.717) is 5.56 Å². The maximum atomic E-state index is 12.0. The van der Waals surface area contributed by atoms with E-state index in [0.717, 1.165) is 11.3 Å². The summed E-state index contributed by atoms with van der Waals surface area (Å²) in [6.07, 6.45) is 0. The molecule has 0 unspecified atom stereocenters. The van der Waals surface area contributed by atoms with E-state index in [1.165, 1.54) is 0 Å². The van der Waals surface area contributed by atoms with E-state index in [9.17, 15) is 9.90 Å². The molecule has 18 heavy (non-hydrogen) atoms. The zero-order valence-electron chi connectivity index (χ0n) is 10.4. The summed E-state index contributed by atoms with van der Waals surface area (Å²) in [5.41, 5.74) is 2.77. The number of hydrogen-bond acceptors (Lipinski definition) is 2. The van der Waals surface area contributed by atoms with E-state index in [1.807, 2.05) is 31.2 Å². The normalized spacial score (nSPS) is 10.1. The van der Waals surface area contributed by atoms with Crippen LogP contribution >= 0.6 is 0 Å². The average molecular weight is 241 g/mol. The maximum Gasteiger partial charge on any atom is 0.259 e. The molecule has 1 amide bonds. The monoisotopic (exact) mass is 241 g/mol. The van der Waals surface area contributed by atoms with Crippen LogP contribution in [0, 0.1) is 13.8 Å². The summed E-state index contributed by atoms with van der Waals surface area (Å²) < 4.78 is 0. The number of anilines is 1. The van der Waals surface area contributed by atoms with Crippen molar-refractivity contribution in [2.45, 2.75) is 13.8 Å².